The van der Waals surface area contributed by atoms with E-state index in [4.69, 9.17) is 24.7 Å². The number of aryl methyl sites for hydroxylation is 3. The topological polar surface area (TPSA) is 104 Å². The van der Waals surface area contributed by atoms with Gasteiger partial charge in [0.2, 0.25) is 5.88 Å². The molecule has 0 saturated heterocycles. The van der Waals surface area contributed by atoms with Crippen LogP contribution in [0.15, 0.2) is 96.4 Å². The number of nitrogens with two attached hydrogens (primary N) is 1. The van der Waals surface area contributed by atoms with Crippen LogP contribution in [0.25, 0.3) is 0 Å². The highest BCUT2D eigenvalue weighted by atomic mass is 16.6. The van der Waals surface area contributed by atoms with Crippen LogP contribution < -0.4 is 24.7 Å². The molecule has 0 spiro atoms. The zero-order valence-electron chi connectivity index (χ0n) is 23.1. The first-order valence-electron chi connectivity index (χ1n) is 13.2. The molecule has 4 aromatic carbocycles. The monoisotopic (exact) mass is 546 g/mol. The molecular weight excluding hydrogens is 516 g/mol. The van der Waals surface area contributed by atoms with Crippen LogP contribution in [0.2, 0.25) is 0 Å². The van der Waals surface area contributed by atoms with Crippen LogP contribution >= 0.6 is 0 Å². The van der Waals surface area contributed by atoms with Crippen LogP contribution in [-0.2, 0) is 11.4 Å². The summed E-state index contributed by atoms with van der Waals surface area (Å²) < 4.78 is 22.8. The maximum absolute atomic E-state index is 12.5. The van der Waals surface area contributed by atoms with Gasteiger partial charge in [-0.3, -0.25) is 0 Å². The summed E-state index contributed by atoms with van der Waals surface area (Å²) in [5, 5.41) is 9.89. The van der Waals surface area contributed by atoms with E-state index in [0.29, 0.717) is 29.4 Å². The normalized spacial score (nSPS) is 14.0. The molecule has 7 nitrogen and oxygen atoms in total. The van der Waals surface area contributed by atoms with Crippen LogP contribution in [0.4, 0.5) is 0 Å². The van der Waals surface area contributed by atoms with Crippen molar-refractivity contribution >= 4 is 5.97 Å². The standard InChI is InChI=1S/C34H30N2O5/c1-21-4-7-24(8-5-21)19-38-26-12-9-25(10-13-26)33-29-15-14-28(17-31(29)41-34(36)30(33)18-35)40-32(37)20-39-27-11-6-22(2)23(3)16-27/h4-17,33H,19-20,36H2,1-3H3. The number of hydrogen-bond acceptors (Lipinski definition) is 7. The summed E-state index contributed by atoms with van der Waals surface area (Å²) in [5.41, 5.74) is 12.5. The first kappa shape index (κ1) is 27.4. The molecule has 0 saturated carbocycles. The molecule has 5 rings (SSSR count). The number of rotatable bonds is 8. The molecule has 0 aliphatic carbocycles. The van der Waals surface area contributed by atoms with Crippen molar-refractivity contribution in [3.05, 3.63) is 130 Å². The van der Waals surface area contributed by atoms with Crippen molar-refractivity contribution < 1.29 is 23.7 Å². The van der Waals surface area contributed by atoms with Gasteiger partial charge < -0.3 is 24.7 Å². The minimum Gasteiger partial charge on any atom is -0.489 e. The van der Waals surface area contributed by atoms with Gasteiger partial charge >= 0.3 is 5.97 Å². The van der Waals surface area contributed by atoms with Crippen molar-refractivity contribution in [1.82, 2.24) is 0 Å². The molecule has 0 amide bonds. The largest absolute Gasteiger partial charge is 0.489 e. The molecule has 7 heteroatoms. The minimum atomic E-state index is -0.557. The summed E-state index contributed by atoms with van der Waals surface area (Å²) in [5.74, 6) is 0.991. The van der Waals surface area contributed by atoms with Crippen molar-refractivity contribution in [3.63, 3.8) is 0 Å². The summed E-state index contributed by atoms with van der Waals surface area (Å²) >= 11 is 0. The summed E-state index contributed by atoms with van der Waals surface area (Å²) in [7, 11) is 0. The summed E-state index contributed by atoms with van der Waals surface area (Å²) in [6, 6.07) is 28.6. The third kappa shape index (κ3) is 6.34. The fourth-order valence-electron chi connectivity index (χ4n) is 4.56. The lowest BCUT2D eigenvalue weighted by Crippen LogP contribution is -2.21. The Balaban J connectivity index is 1.29. The van der Waals surface area contributed by atoms with Gasteiger partial charge in [0.15, 0.2) is 6.61 Å². The summed E-state index contributed by atoms with van der Waals surface area (Å²) in [6.07, 6.45) is 0. The second-order valence-electron chi connectivity index (χ2n) is 9.98. The van der Waals surface area contributed by atoms with Gasteiger partial charge in [-0.15, -0.1) is 0 Å². The Bertz CT molecular complexity index is 1650. The van der Waals surface area contributed by atoms with Crippen molar-refractivity contribution in [2.45, 2.75) is 33.3 Å². The maximum atomic E-state index is 12.5. The molecule has 206 valence electrons. The summed E-state index contributed by atoms with van der Waals surface area (Å²) in [4.78, 5) is 12.5. The molecule has 1 atom stereocenters. The number of allylic oxidation sites excluding steroid dienone is 1. The Hall–Kier alpha value is -5.22. The smallest absolute Gasteiger partial charge is 0.349 e. The van der Waals surface area contributed by atoms with Crippen molar-refractivity contribution in [2.75, 3.05) is 6.61 Å². The average Bonchev–Trinajstić information content (AvgIpc) is 2.97. The van der Waals surface area contributed by atoms with Gasteiger partial charge in [-0.05, 0) is 73.4 Å². The molecule has 1 aliphatic rings. The van der Waals surface area contributed by atoms with Crippen molar-refractivity contribution in [2.24, 2.45) is 5.73 Å². The van der Waals surface area contributed by atoms with Gasteiger partial charge in [0.1, 0.15) is 41.2 Å². The van der Waals surface area contributed by atoms with E-state index in [2.05, 4.69) is 18.2 Å². The van der Waals surface area contributed by atoms with Crippen LogP contribution in [0.5, 0.6) is 23.0 Å². The van der Waals surface area contributed by atoms with Crippen LogP contribution in [-0.4, -0.2) is 12.6 Å². The Kier molecular flexibility index (Phi) is 7.93. The van der Waals surface area contributed by atoms with E-state index in [1.54, 1.807) is 18.2 Å². The average molecular weight is 547 g/mol. The molecule has 0 aromatic heterocycles. The predicted octanol–water partition coefficient (Wildman–Crippen LogP) is 6.39. The lowest BCUT2D eigenvalue weighted by molar-refractivity contribution is -0.136. The third-order valence-electron chi connectivity index (χ3n) is 7.00. The van der Waals surface area contributed by atoms with E-state index < -0.39 is 11.9 Å². The first-order valence-corrected chi connectivity index (χ1v) is 13.2. The molecule has 0 radical (unpaired) electrons. The number of carbonyl (C=O) groups is 1. The van der Waals surface area contributed by atoms with Gasteiger partial charge in [0.25, 0.3) is 0 Å². The Morgan fingerprint density at radius 1 is 0.854 bits per heavy atom. The number of esters is 1. The number of ether oxygens (including phenoxy) is 4. The van der Waals surface area contributed by atoms with Gasteiger partial charge in [-0.25, -0.2) is 4.79 Å². The number of nitrogens with zero attached hydrogens (tertiary/aromatic N) is 1. The highest BCUT2D eigenvalue weighted by Gasteiger charge is 2.31. The van der Waals surface area contributed by atoms with Crippen LogP contribution in [0.3, 0.4) is 0 Å². The van der Waals surface area contributed by atoms with Crippen LogP contribution in [0, 0.1) is 32.1 Å². The van der Waals surface area contributed by atoms with Crippen molar-refractivity contribution in [3.8, 4) is 29.1 Å². The molecule has 1 heterocycles. The Labute approximate surface area is 239 Å². The van der Waals surface area contributed by atoms with E-state index in [1.807, 2.05) is 75.4 Å². The van der Waals surface area contributed by atoms with Crippen molar-refractivity contribution in [1.29, 1.82) is 5.26 Å². The molecule has 2 N–H and O–H groups in total. The number of benzene rings is 4. The van der Waals surface area contributed by atoms with E-state index in [1.165, 1.54) is 5.56 Å². The van der Waals surface area contributed by atoms with Gasteiger partial charge in [0, 0.05) is 11.6 Å². The fourth-order valence-corrected chi connectivity index (χ4v) is 4.56. The summed E-state index contributed by atoms with van der Waals surface area (Å²) in [6.45, 7) is 6.24. The SMILES string of the molecule is Cc1ccc(COc2ccc(C3C(C#N)=C(N)Oc4cc(OC(=O)COc5ccc(C)c(C)c5)ccc43)cc2)cc1. The van der Waals surface area contributed by atoms with Gasteiger partial charge in [-0.2, -0.15) is 5.26 Å². The highest BCUT2D eigenvalue weighted by Crippen LogP contribution is 2.43. The fraction of sp³-hybridized carbons (Fsp3) is 0.176. The van der Waals surface area contributed by atoms with E-state index in [9.17, 15) is 10.1 Å². The Morgan fingerprint density at radius 2 is 1.56 bits per heavy atom. The molecule has 4 aromatic rings. The molecule has 1 aliphatic heterocycles. The second-order valence-corrected chi connectivity index (χ2v) is 9.98. The Morgan fingerprint density at radius 3 is 2.27 bits per heavy atom. The van der Waals surface area contributed by atoms with E-state index in [-0.39, 0.29) is 18.2 Å². The zero-order chi connectivity index (χ0) is 28.9. The molecule has 41 heavy (non-hydrogen) atoms. The van der Waals surface area contributed by atoms with E-state index >= 15 is 0 Å². The number of hydrogen-bond donors (Lipinski definition) is 1. The van der Waals surface area contributed by atoms with Gasteiger partial charge in [-0.1, -0.05) is 54.1 Å². The maximum Gasteiger partial charge on any atom is 0.349 e. The van der Waals surface area contributed by atoms with Gasteiger partial charge in [0.05, 0.1) is 5.92 Å². The molecule has 1 unspecified atom stereocenters. The molecular formula is C34H30N2O5. The lowest BCUT2D eigenvalue weighted by atomic mass is 9.83. The number of nitriles is 1. The van der Waals surface area contributed by atoms with Crippen LogP contribution in [0.1, 0.15) is 39.3 Å². The quantitative estimate of drug-likeness (QED) is 0.202. The minimum absolute atomic E-state index is 0.00579. The zero-order valence-corrected chi connectivity index (χ0v) is 23.1. The molecule has 0 fully saturated rings. The lowest BCUT2D eigenvalue weighted by Gasteiger charge is -2.26. The number of fused-ring (bicyclic) bond motifs is 1. The highest BCUT2D eigenvalue weighted by molar-refractivity contribution is 5.74. The molecule has 0 bridgehead atoms. The van der Waals surface area contributed by atoms with E-state index in [0.717, 1.165) is 27.8 Å². The third-order valence-corrected chi connectivity index (χ3v) is 7.00. The second kappa shape index (κ2) is 11.9. The first-order chi connectivity index (χ1) is 19.8. The number of carbonyl (C=O) groups excluding carboxylic acids is 1. The predicted molar refractivity (Wildman–Crippen MR) is 155 cm³/mol.